The van der Waals surface area contributed by atoms with Crippen molar-refractivity contribution in [1.29, 1.82) is 0 Å². The summed E-state index contributed by atoms with van der Waals surface area (Å²) >= 11 is 0. The largest absolute Gasteiger partial charge is 0.358 e. The Labute approximate surface area is 102 Å². The molecule has 1 aromatic rings. The van der Waals surface area contributed by atoms with Gasteiger partial charge in [-0.25, -0.2) is 13.6 Å². The third-order valence-corrected chi connectivity index (χ3v) is 3.37. The third kappa shape index (κ3) is 2.44. The Hall–Kier alpha value is -1.66. The Kier molecular flexibility index (Phi) is 3.49. The molecule has 1 aromatic heterocycles. The standard InChI is InChI=1S/C11H15F2N3O2/c1-15-9(17)6-8(14-11(15)18)16-4-2-7(3-5-16)10(12)13/h6-7,10H,2-5H2,1H3,(H,14,18). The van der Waals surface area contributed by atoms with Crippen LogP contribution in [0.3, 0.4) is 0 Å². The molecular formula is C11H15F2N3O2. The lowest BCUT2D eigenvalue weighted by Crippen LogP contribution is -2.40. The van der Waals surface area contributed by atoms with Crippen molar-refractivity contribution in [2.75, 3.05) is 18.0 Å². The number of hydrogen-bond donors (Lipinski definition) is 1. The maximum atomic E-state index is 12.5. The monoisotopic (exact) mass is 259 g/mol. The fourth-order valence-corrected chi connectivity index (χ4v) is 2.11. The molecule has 0 aromatic carbocycles. The number of halogens is 2. The van der Waals surface area contributed by atoms with E-state index in [0.717, 1.165) is 4.57 Å². The van der Waals surface area contributed by atoms with Crippen LogP contribution in [0.25, 0.3) is 0 Å². The quantitative estimate of drug-likeness (QED) is 0.844. The lowest BCUT2D eigenvalue weighted by atomic mass is 9.97. The smallest absolute Gasteiger partial charge is 0.329 e. The molecule has 2 heterocycles. The van der Waals surface area contributed by atoms with Crippen LogP contribution in [0.15, 0.2) is 15.7 Å². The topological polar surface area (TPSA) is 58.1 Å². The number of nitrogens with one attached hydrogen (secondary N) is 1. The number of piperidine rings is 1. The normalized spacial score (nSPS) is 17.4. The van der Waals surface area contributed by atoms with E-state index >= 15 is 0 Å². The summed E-state index contributed by atoms with van der Waals surface area (Å²) in [5, 5.41) is 0. The van der Waals surface area contributed by atoms with Gasteiger partial charge in [-0.3, -0.25) is 14.3 Å². The van der Waals surface area contributed by atoms with Gasteiger partial charge in [0.15, 0.2) is 0 Å². The van der Waals surface area contributed by atoms with Crippen LogP contribution in [-0.4, -0.2) is 29.1 Å². The van der Waals surface area contributed by atoms with Crippen molar-refractivity contribution in [3.8, 4) is 0 Å². The van der Waals surface area contributed by atoms with Gasteiger partial charge in [0.1, 0.15) is 5.82 Å². The van der Waals surface area contributed by atoms with Crippen molar-refractivity contribution < 1.29 is 8.78 Å². The maximum Gasteiger partial charge on any atom is 0.329 e. The Balaban J connectivity index is 2.15. The molecule has 7 heteroatoms. The number of hydrogen-bond acceptors (Lipinski definition) is 3. The maximum absolute atomic E-state index is 12.5. The summed E-state index contributed by atoms with van der Waals surface area (Å²) < 4.78 is 26.0. The molecule has 0 radical (unpaired) electrons. The second-order valence-corrected chi connectivity index (χ2v) is 4.52. The summed E-state index contributed by atoms with van der Waals surface area (Å²) in [5.41, 5.74) is -0.891. The summed E-state index contributed by atoms with van der Waals surface area (Å²) in [6, 6.07) is 1.32. The van der Waals surface area contributed by atoms with Crippen LogP contribution < -0.4 is 16.1 Å². The van der Waals surface area contributed by atoms with E-state index in [0.29, 0.717) is 31.7 Å². The molecule has 0 spiro atoms. The van der Waals surface area contributed by atoms with Gasteiger partial charge in [0.25, 0.3) is 5.56 Å². The second-order valence-electron chi connectivity index (χ2n) is 4.52. The Morgan fingerprint density at radius 3 is 2.44 bits per heavy atom. The Bertz CT molecular complexity index is 499. The number of aromatic amines is 1. The molecule has 1 fully saturated rings. The summed E-state index contributed by atoms with van der Waals surface area (Å²) in [6.45, 7) is 0.857. The summed E-state index contributed by atoms with van der Waals surface area (Å²) in [4.78, 5) is 27.3. The molecule has 0 saturated carbocycles. The number of rotatable bonds is 2. The van der Waals surface area contributed by atoms with Gasteiger partial charge in [-0.1, -0.05) is 0 Å². The molecule has 1 aliphatic heterocycles. The first-order chi connectivity index (χ1) is 8.49. The average molecular weight is 259 g/mol. The molecule has 100 valence electrons. The van der Waals surface area contributed by atoms with Crippen molar-refractivity contribution >= 4 is 5.82 Å². The molecular weight excluding hydrogens is 244 g/mol. The van der Waals surface area contributed by atoms with Crippen LogP contribution in [0.4, 0.5) is 14.6 Å². The number of H-pyrrole nitrogens is 1. The van der Waals surface area contributed by atoms with Gasteiger partial charge >= 0.3 is 5.69 Å². The first-order valence-corrected chi connectivity index (χ1v) is 5.82. The minimum atomic E-state index is -2.30. The molecule has 0 amide bonds. The van der Waals surface area contributed by atoms with Crippen LogP contribution in [0, 0.1) is 5.92 Å². The molecule has 1 aliphatic rings. The summed E-state index contributed by atoms with van der Waals surface area (Å²) in [5.74, 6) is -0.171. The molecule has 2 rings (SSSR count). The van der Waals surface area contributed by atoms with E-state index in [4.69, 9.17) is 0 Å². The van der Waals surface area contributed by atoms with Gasteiger partial charge in [0.2, 0.25) is 6.43 Å². The predicted molar refractivity (Wildman–Crippen MR) is 63.2 cm³/mol. The lowest BCUT2D eigenvalue weighted by Gasteiger charge is -2.32. The second kappa shape index (κ2) is 4.91. The van der Waals surface area contributed by atoms with Crippen LogP contribution in [0.1, 0.15) is 12.8 Å². The Morgan fingerprint density at radius 2 is 1.94 bits per heavy atom. The third-order valence-electron chi connectivity index (χ3n) is 3.37. The van der Waals surface area contributed by atoms with E-state index in [1.165, 1.54) is 13.1 Å². The van der Waals surface area contributed by atoms with Crippen molar-refractivity contribution in [2.24, 2.45) is 13.0 Å². The fraction of sp³-hybridized carbons (Fsp3) is 0.636. The lowest BCUT2D eigenvalue weighted by molar-refractivity contribution is 0.0635. The highest BCUT2D eigenvalue weighted by Crippen LogP contribution is 2.25. The van der Waals surface area contributed by atoms with Crippen LogP contribution in [0.2, 0.25) is 0 Å². The minimum Gasteiger partial charge on any atom is -0.358 e. The molecule has 0 bridgehead atoms. The van der Waals surface area contributed by atoms with E-state index in [-0.39, 0.29) is 0 Å². The first kappa shape index (κ1) is 12.8. The van der Waals surface area contributed by atoms with Gasteiger partial charge in [0.05, 0.1) is 0 Å². The summed E-state index contributed by atoms with van der Waals surface area (Å²) in [6.07, 6.45) is -1.56. The van der Waals surface area contributed by atoms with Crippen molar-refractivity contribution in [2.45, 2.75) is 19.3 Å². The predicted octanol–water partition coefficient (Wildman–Crippen LogP) is 0.555. The zero-order valence-electron chi connectivity index (χ0n) is 10.0. The number of aromatic nitrogens is 2. The van der Waals surface area contributed by atoms with Crippen LogP contribution in [-0.2, 0) is 7.05 Å². The summed E-state index contributed by atoms with van der Waals surface area (Å²) in [7, 11) is 1.38. The SMILES string of the molecule is Cn1c(=O)cc(N2CCC(C(F)F)CC2)[nH]c1=O. The zero-order chi connectivity index (χ0) is 13.3. The molecule has 0 unspecified atom stereocenters. The van der Waals surface area contributed by atoms with E-state index < -0.39 is 23.6 Å². The molecule has 1 saturated heterocycles. The van der Waals surface area contributed by atoms with Crippen molar-refractivity contribution in [3.05, 3.63) is 26.9 Å². The van der Waals surface area contributed by atoms with E-state index in [9.17, 15) is 18.4 Å². The van der Waals surface area contributed by atoms with Crippen molar-refractivity contribution in [3.63, 3.8) is 0 Å². The van der Waals surface area contributed by atoms with Gasteiger partial charge < -0.3 is 4.90 Å². The van der Waals surface area contributed by atoms with Gasteiger partial charge in [0, 0.05) is 32.1 Å². The van der Waals surface area contributed by atoms with Crippen LogP contribution in [0.5, 0.6) is 0 Å². The van der Waals surface area contributed by atoms with Gasteiger partial charge in [-0.2, -0.15) is 0 Å². The van der Waals surface area contributed by atoms with Crippen LogP contribution >= 0.6 is 0 Å². The van der Waals surface area contributed by atoms with E-state index in [1.54, 1.807) is 4.90 Å². The highest BCUT2D eigenvalue weighted by atomic mass is 19.3. The molecule has 18 heavy (non-hydrogen) atoms. The number of nitrogens with zero attached hydrogens (tertiary/aromatic N) is 2. The van der Waals surface area contributed by atoms with Crippen molar-refractivity contribution in [1.82, 2.24) is 9.55 Å². The van der Waals surface area contributed by atoms with E-state index in [1.807, 2.05) is 0 Å². The molecule has 1 N–H and O–H groups in total. The highest BCUT2D eigenvalue weighted by Gasteiger charge is 2.26. The molecule has 0 atom stereocenters. The van der Waals surface area contributed by atoms with Gasteiger partial charge in [-0.05, 0) is 12.8 Å². The molecule has 0 aliphatic carbocycles. The minimum absolute atomic E-state index is 0.370. The van der Waals surface area contributed by atoms with Gasteiger partial charge in [-0.15, -0.1) is 0 Å². The zero-order valence-corrected chi connectivity index (χ0v) is 10.0. The number of anilines is 1. The number of alkyl halides is 2. The Morgan fingerprint density at radius 1 is 1.33 bits per heavy atom. The average Bonchev–Trinajstić information content (AvgIpc) is 2.35. The molecule has 5 nitrogen and oxygen atoms in total. The first-order valence-electron chi connectivity index (χ1n) is 5.82. The van der Waals surface area contributed by atoms with E-state index in [2.05, 4.69) is 4.98 Å². The fourth-order valence-electron chi connectivity index (χ4n) is 2.11. The highest BCUT2D eigenvalue weighted by molar-refractivity contribution is 5.37.